The van der Waals surface area contributed by atoms with Gasteiger partial charge in [0.1, 0.15) is 0 Å². The van der Waals surface area contributed by atoms with E-state index in [4.69, 9.17) is 14.2 Å². The number of para-hydroxylation sites is 2. The van der Waals surface area contributed by atoms with Crippen molar-refractivity contribution in [2.75, 3.05) is 6.61 Å². The van der Waals surface area contributed by atoms with Crippen molar-refractivity contribution in [3.63, 3.8) is 0 Å². The lowest BCUT2D eigenvalue weighted by molar-refractivity contribution is -0.147. The molecule has 122 valence electrons. The van der Waals surface area contributed by atoms with Crippen LogP contribution in [0.1, 0.15) is 46.5 Å². The molecule has 0 amide bonds. The predicted molar refractivity (Wildman–Crippen MR) is 82.9 cm³/mol. The second-order valence-corrected chi connectivity index (χ2v) is 5.16. The van der Waals surface area contributed by atoms with Gasteiger partial charge in [-0.1, -0.05) is 25.5 Å². The maximum atomic E-state index is 11.8. The number of carbonyl (C=O) groups excluding carboxylic acids is 2. The molecule has 0 aliphatic rings. The van der Waals surface area contributed by atoms with E-state index in [-0.39, 0.29) is 24.9 Å². The fraction of sp³-hybridized carbons (Fsp3) is 0.529. The normalized spacial score (nSPS) is 10.4. The number of unbranched alkanes of at least 4 members (excludes halogenated alkanes) is 1. The molecule has 0 aliphatic heterocycles. The van der Waals surface area contributed by atoms with Gasteiger partial charge in [-0.25, -0.2) is 0 Å². The minimum atomic E-state index is -0.479. The van der Waals surface area contributed by atoms with Crippen LogP contribution < -0.4 is 9.47 Å². The second-order valence-electron chi connectivity index (χ2n) is 5.16. The van der Waals surface area contributed by atoms with Crippen molar-refractivity contribution in [2.24, 2.45) is 0 Å². The van der Waals surface area contributed by atoms with Crippen LogP contribution >= 0.6 is 0 Å². The number of hydrogen-bond donors (Lipinski definition) is 0. The molecular weight excluding hydrogens is 284 g/mol. The summed E-state index contributed by atoms with van der Waals surface area (Å²) in [6, 6.07) is 6.96. The number of hydrogen-bond acceptors (Lipinski definition) is 5. The Morgan fingerprint density at radius 3 is 2.32 bits per heavy atom. The number of esters is 2. The van der Waals surface area contributed by atoms with Crippen molar-refractivity contribution in [3.05, 3.63) is 24.3 Å². The molecule has 1 aromatic carbocycles. The Morgan fingerprint density at radius 1 is 1.05 bits per heavy atom. The molecule has 0 radical (unpaired) electrons. The minimum Gasteiger partial charge on any atom is -0.487 e. The Balaban J connectivity index is 2.43. The van der Waals surface area contributed by atoms with Crippen molar-refractivity contribution in [3.8, 4) is 11.5 Å². The van der Waals surface area contributed by atoms with Crippen LogP contribution in [0.15, 0.2) is 24.3 Å². The van der Waals surface area contributed by atoms with E-state index in [1.807, 2.05) is 20.8 Å². The average Bonchev–Trinajstić information content (AvgIpc) is 2.47. The van der Waals surface area contributed by atoms with Crippen molar-refractivity contribution >= 4 is 11.9 Å². The third-order valence-corrected chi connectivity index (χ3v) is 2.73. The van der Waals surface area contributed by atoms with E-state index in [9.17, 15) is 9.59 Å². The first kappa shape index (κ1) is 18.0. The molecule has 0 atom stereocenters. The summed E-state index contributed by atoms with van der Waals surface area (Å²) in [6.45, 7) is 6.20. The quantitative estimate of drug-likeness (QED) is 0.397. The van der Waals surface area contributed by atoms with Gasteiger partial charge in [-0.2, -0.15) is 0 Å². The SMILES string of the molecule is CCCCOC(=O)CCC(=O)Oc1ccccc1OC(C)C. The molecule has 0 fully saturated rings. The van der Waals surface area contributed by atoms with E-state index < -0.39 is 5.97 Å². The molecule has 0 heterocycles. The predicted octanol–water partition coefficient (Wildman–Crippen LogP) is 3.50. The van der Waals surface area contributed by atoms with Gasteiger partial charge >= 0.3 is 11.9 Å². The van der Waals surface area contributed by atoms with E-state index in [0.717, 1.165) is 12.8 Å². The summed E-state index contributed by atoms with van der Waals surface area (Å²) in [5, 5.41) is 0. The zero-order chi connectivity index (χ0) is 16.4. The molecule has 5 heteroatoms. The highest BCUT2D eigenvalue weighted by Gasteiger charge is 2.13. The highest BCUT2D eigenvalue weighted by Crippen LogP contribution is 2.27. The molecule has 1 rings (SSSR count). The van der Waals surface area contributed by atoms with E-state index >= 15 is 0 Å². The van der Waals surface area contributed by atoms with Gasteiger partial charge in [0.15, 0.2) is 11.5 Å². The van der Waals surface area contributed by atoms with Crippen molar-refractivity contribution in [1.29, 1.82) is 0 Å². The number of benzene rings is 1. The highest BCUT2D eigenvalue weighted by atomic mass is 16.6. The van der Waals surface area contributed by atoms with Gasteiger partial charge in [0.2, 0.25) is 0 Å². The van der Waals surface area contributed by atoms with Gasteiger partial charge in [0, 0.05) is 0 Å². The molecule has 0 saturated heterocycles. The Morgan fingerprint density at radius 2 is 1.68 bits per heavy atom. The molecule has 0 bridgehead atoms. The Hall–Kier alpha value is -2.04. The second kappa shape index (κ2) is 9.82. The fourth-order valence-electron chi connectivity index (χ4n) is 1.67. The molecule has 22 heavy (non-hydrogen) atoms. The van der Waals surface area contributed by atoms with E-state index in [1.165, 1.54) is 0 Å². The smallest absolute Gasteiger partial charge is 0.311 e. The first-order valence-electron chi connectivity index (χ1n) is 7.65. The van der Waals surface area contributed by atoms with E-state index in [1.54, 1.807) is 24.3 Å². The molecule has 0 N–H and O–H groups in total. The monoisotopic (exact) mass is 308 g/mol. The maximum absolute atomic E-state index is 11.8. The van der Waals surface area contributed by atoms with Crippen molar-refractivity contribution < 1.29 is 23.8 Å². The summed E-state index contributed by atoms with van der Waals surface area (Å²) in [6.07, 6.45) is 1.78. The zero-order valence-corrected chi connectivity index (χ0v) is 13.5. The van der Waals surface area contributed by atoms with Gasteiger partial charge in [-0.15, -0.1) is 0 Å². The summed E-state index contributed by atoms with van der Waals surface area (Å²) in [5.41, 5.74) is 0. The Kier molecular flexibility index (Phi) is 8.04. The lowest BCUT2D eigenvalue weighted by Gasteiger charge is -2.13. The molecular formula is C17H24O5. The lowest BCUT2D eigenvalue weighted by Crippen LogP contribution is -2.14. The summed E-state index contributed by atoms with van der Waals surface area (Å²) in [4.78, 5) is 23.2. The van der Waals surface area contributed by atoms with Crippen LogP contribution in [-0.2, 0) is 14.3 Å². The van der Waals surface area contributed by atoms with Crippen LogP contribution in [-0.4, -0.2) is 24.6 Å². The average molecular weight is 308 g/mol. The maximum Gasteiger partial charge on any atom is 0.311 e. The molecule has 5 nitrogen and oxygen atoms in total. The van der Waals surface area contributed by atoms with Crippen LogP contribution in [0, 0.1) is 0 Å². The van der Waals surface area contributed by atoms with E-state index in [0.29, 0.717) is 18.1 Å². The minimum absolute atomic E-state index is 0.0129. The third-order valence-electron chi connectivity index (χ3n) is 2.73. The van der Waals surface area contributed by atoms with E-state index in [2.05, 4.69) is 0 Å². The van der Waals surface area contributed by atoms with Gasteiger partial charge in [0.05, 0.1) is 25.6 Å². The Labute approximate surface area is 131 Å². The Bertz CT molecular complexity index is 482. The molecule has 0 aromatic heterocycles. The van der Waals surface area contributed by atoms with Gasteiger partial charge in [0.25, 0.3) is 0 Å². The van der Waals surface area contributed by atoms with Gasteiger partial charge in [-0.05, 0) is 32.4 Å². The largest absolute Gasteiger partial charge is 0.487 e. The lowest BCUT2D eigenvalue weighted by atomic mass is 10.3. The first-order valence-corrected chi connectivity index (χ1v) is 7.65. The third kappa shape index (κ3) is 7.11. The fourth-order valence-corrected chi connectivity index (χ4v) is 1.67. The molecule has 0 spiro atoms. The number of carbonyl (C=O) groups is 2. The van der Waals surface area contributed by atoms with Crippen LogP contribution in [0.5, 0.6) is 11.5 Å². The number of rotatable bonds is 9. The summed E-state index contributed by atoms with van der Waals surface area (Å²) >= 11 is 0. The zero-order valence-electron chi connectivity index (χ0n) is 13.5. The standard InChI is InChI=1S/C17H24O5/c1-4-5-12-20-16(18)10-11-17(19)22-15-9-7-6-8-14(15)21-13(2)3/h6-9,13H,4-5,10-12H2,1-3H3. The van der Waals surface area contributed by atoms with Crippen LogP contribution in [0.4, 0.5) is 0 Å². The van der Waals surface area contributed by atoms with Crippen LogP contribution in [0.25, 0.3) is 0 Å². The van der Waals surface area contributed by atoms with Crippen molar-refractivity contribution in [2.45, 2.75) is 52.6 Å². The summed E-state index contributed by atoms with van der Waals surface area (Å²) in [7, 11) is 0. The van der Waals surface area contributed by atoms with Gasteiger partial charge < -0.3 is 14.2 Å². The number of ether oxygens (including phenoxy) is 3. The summed E-state index contributed by atoms with van der Waals surface area (Å²) < 4.78 is 15.8. The highest BCUT2D eigenvalue weighted by molar-refractivity contribution is 5.79. The van der Waals surface area contributed by atoms with Crippen LogP contribution in [0.2, 0.25) is 0 Å². The molecule has 0 unspecified atom stereocenters. The van der Waals surface area contributed by atoms with Crippen LogP contribution in [0.3, 0.4) is 0 Å². The molecule has 0 saturated carbocycles. The first-order chi connectivity index (χ1) is 10.5. The van der Waals surface area contributed by atoms with Crippen molar-refractivity contribution in [1.82, 2.24) is 0 Å². The molecule has 0 aliphatic carbocycles. The van der Waals surface area contributed by atoms with Gasteiger partial charge in [-0.3, -0.25) is 9.59 Å². The molecule has 1 aromatic rings. The topological polar surface area (TPSA) is 61.8 Å². The summed E-state index contributed by atoms with van der Waals surface area (Å²) in [5.74, 6) is 0.0151.